The second-order valence-corrected chi connectivity index (χ2v) is 8.89. The van der Waals surface area contributed by atoms with Crippen molar-refractivity contribution in [2.24, 2.45) is 0 Å². The lowest BCUT2D eigenvalue weighted by Crippen LogP contribution is -2.08. The van der Waals surface area contributed by atoms with Gasteiger partial charge < -0.3 is 0 Å². The smallest absolute Gasteiger partial charge is 0.170 e. The van der Waals surface area contributed by atoms with Gasteiger partial charge in [-0.25, -0.2) is 0 Å². The van der Waals surface area contributed by atoms with Crippen LogP contribution in [0.25, 0.3) is 0 Å². The van der Waals surface area contributed by atoms with E-state index in [1.807, 2.05) is 24.3 Å². The van der Waals surface area contributed by atoms with Crippen LogP contribution < -0.4 is 0 Å². The molecule has 0 aliphatic rings. The molecular formula is C28H46O2. The average molecular weight is 415 g/mol. The van der Waals surface area contributed by atoms with E-state index in [9.17, 15) is 9.59 Å². The summed E-state index contributed by atoms with van der Waals surface area (Å²) in [5.74, 6) is 0.0536. The van der Waals surface area contributed by atoms with Gasteiger partial charge in [0.15, 0.2) is 5.78 Å². The number of carbonyl (C=O) groups is 2. The van der Waals surface area contributed by atoms with E-state index >= 15 is 0 Å². The third kappa shape index (κ3) is 13.7. The standard InChI is InChI=1S/C28H46O2/c1-3-5-6-7-8-9-10-11-12-13-14-15-16-17-18-19-27(29)24-28(30)26-22-20-25(4-2)21-23-26/h20-23H,3-19,24H2,1-2H3. The highest BCUT2D eigenvalue weighted by Gasteiger charge is 2.11. The molecule has 0 aliphatic heterocycles. The van der Waals surface area contributed by atoms with Crippen LogP contribution in [0.15, 0.2) is 24.3 Å². The summed E-state index contributed by atoms with van der Waals surface area (Å²) >= 11 is 0. The van der Waals surface area contributed by atoms with Crippen molar-refractivity contribution in [1.29, 1.82) is 0 Å². The molecule has 0 aromatic heterocycles. The van der Waals surface area contributed by atoms with E-state index in [0.717, 1.165) is 19.3 Å². The average Bonchev–Trinajstić information content (AvgIpc) is 2.76. The van der Waals surface area contributed by atoms with Gasteiger partial charge in [0.05, 0.1) is 6.42 Å². The molecule has 0 saturated carbocycles. The van der Waals surface area contributed by atoms with E-state index < -0.39 is 0 Å². The van der Waals surface area contributed by atoms with Gasteiger partial charge in [-0.2, -0.15) is 0 Å². The van der Waals surface area contributed by atoms with Gasteiger partial charge in [-0.1, -0.05) is 128 Å². The van der Waals surface area contributed by atoms with Gasteiger partial charge >= 0.3 is 0 Å². The lowest BCUT2D eigenvalue weighted by atomic mass is 10.0. The van der Waals surface area contributed by atoms with Crippen molar-refractivity contribution < 1.29 is 9.59 Å². The molecule has 0 heterocycles. The Morgan fingerprint density at radius 3 is 1.47 bits per heavy atom. The normalized spacial score (nSPS) is 11.0. The number of rotatable bonds is 20. The van der Waals surface area contributed by atoms with Gasteiger partial charge in [0, 0.05) is 12.0 Å². The van der Waals surface area contributed by atoms with Gasteiger partial charge in [0.1, 0.15) is 5.78 Å². The van der Waals surface area contributed by atoms with Crippen LogP contribution >= 0.6 is 0 Å². The molecule has 1 aromatic rings. The van der Waals surface area contributed by atoms with Crippen molar-refractivity contribution in [3.05, 3.63) is 35.4 Å². The van der Waals surface area contributed by atoms with Crippen LogP contribution in [-0.4, -0.2) is 11.6 Å². The molecule has 0 N–H and O–H groups in total. The van der Waals surface area contributed by atoms with Crippen molar-refractivity contribution >= 4 is 11.6 Å². The fourth-order valence-corrected chi connectivity index (χ4v) is 3.99. The lowest BCUT2D eigenvalue weighted by molar-refractivity contribution is -0.118. The Bertz CT molecular complexity index is 559. The van der Waals surface area contributed by atoms with Crippen molar-refractivity contribution in [2.75, 3.05) is 0 Å². The number of aryl methyl sites for hydroxylation is 1. The molecule has 0 amide bonds. The van der Waals surface area contributed by atoms with Crippen LogP contribution in [-0.2, 0) is 11.2 Å². The number of benzene rings is 1. The molecule has 1 rings (SSSR count). The van der Waals surface area contributed by atoms with Gasteiger partial charge in [-0.05, 0) is 18.4 Å². The molecule has 1 aromatic carbocycles. The van der Waals surface area contributed by atoms with Gasteiger partial charge in [0.25, 0.3) is 0 Å². The summed E-state index contributed by atoms with van der Waals surface area (Å²) < 4.78 is 0. The first-order chi connectivity index (χ1) is 14.7. The fraction of sp³-hybridized carbons (Fsp3) is 0.714. The lowest BCUT2D eigenvalue weighted by Gasteiger charge is -2.04. The highest BCUT2D eigenvalue weighted by atomic mass is 16.1. The van der Waals surface area contributed by atoms with Crippen LogP contribution in [0, 0.1) is 0 Å². The summed E-state index contributed by atoms with van der Waals surface area (Å²) in [6, 6.07) is 7.66. The molecular weight excluding hydrogens is 368 g/mol. The maximum absolute atomic E-state index is 12.2. The Hall–Kier alpha value is -1.44. The first kappa shape index (κ1) is 26.6. The Labute approximate surface area is 186 Å². The zero-order chi connectivity index (χ0) is 21.9. The van der Waals surface area contributed by atoms with E-state index in [-0.39, 0.29) is 18.0 Å². The first-order valence-electron chi connectivity index (χ1n) is 12.8. The molecule has 0 atom stereocenters. The number of Topliss-reactive ketones (excluding diaryl/α,β-unsaturated/α-hetero) is 2. The molecule has 0 aliphatic carbocycles. The Balaban J connectivity index is 1.90. The van der Waals surface area contributed by atoms with E-state index in [1.54, 1.807) is 0 Å². The summed E-state index contributed by atoms with van der Waals surface area (Å²) in [7, 11) is 0. The summed E-state index contributed by atoms with van der Waals surface area (Å²) in [5.41, 5.74) is 1.88. The molecule has 0 bridgehead atoms. The first-order valence-corrected chi connectivity index (χ1v) is 12.8. The van der Waals surface area contributed by atoms with Gasteiger partial charge in [-0.3, -0.25) is 9.59 Å². The third-order valence-electron chi connectivity index (χ3n) is 6.10. The fourth-order valence-electron chi connectivity index (χ4n) is 3.99. The van der Waals surface area contributed by atoms with E-state index in [2.05, 4.69) is 13.8 Å². The maximum Gasteiger partial charge on any atom is 0.170 e. The quantitative estimate of drug-likeness (QED) is 0.121. The second-order valence-electron chi connectivity index (χ2n) is 8.89. The number of ketones is 2. The minimum absolute atomic E-state index is 0.0383. The van der Waals surface area contributed by atoms with Crippen molar-refractivity contribution in [3.8, 4) is 0 Å². The summed E-state index contributed by atoms with van der Waals surface area (Å²) in [6.45, 7) is 4.37. The predicted octanol–water partition coefficient (Wildman–Crippen LogP) is 8.65. The number of carbonyl (C=O) groups excluding carboxylic acids is 2. The molecule has 2 heteroatoms. The van der Waals surface area contributed by atoms with E-state index in [1.165, 1.54) is 89.0 Å². The molecule has 0 fully saturated rings. The maximum atomic E-state index is 12.2. The molecule has 0 unspecified atom stereocenters. The summed E-state index contributed by atoms with van der Waals surface area (Å²) in [5, 5.41) is 0. The summed E-state index contributed by atoms with van der Waals surface area (Å²) in [6.07, 6.45) is 21.4. The second kappa shape index (κ2) is 18.3. The van der Waals surface area contributed by atoms with Gasteiger partial charge in [-0.15, -0.1) is 0 Å². The molecule has 0 saturated heterocycles. The van der Waals surface area contributed by atoms with Crippen molar-refractivity contribution in [2.45, 2.75) is 129 Å². The van der Waals surface area contributed by atoms with Crippen molar-refractivity contribution in [3.63, 3.8) is 0 Å². The van der Waals surface area contributed by atoms with Crippen LogP contribution in [0.1, 0.15) is 139 Å². The molecule has 2 nitrogen and oxygen atoms in total. The summed E-state index contributed by atoms with van der Waals surface area (Å²) in [4.78, 5) is 24.3. The topological polar surface area (TPSA) is 34.1 Å². The highest BCUT2D eigenvalue weighted by molar-refractivity contribution is 6.07. The van der Waals surface area contributed by atoms with Crippen molar-refractivity contribution in [1.82, 2.24) is 0 Å². The molecule has 0 spiro atoms. The zero-order valence-electron chi connectivity index (χ0n) is 19.9. The van der Waals surface area contributed by atoms with Crippen LogP contribution in [0.2, 0.25) is 0 Å². The number of unbranched alkanes of at least 4 members (excludes halogenated alkanes) is 14. The van der Waals surface area contributed by atoms with Crippen LogP contribution in [0.3, 0.4) is 0 Å². The van der Waals surface area contributed by atoms with Crippen LogP contribution in [0.5, 0.6) is 0 Å². The molecule has 170 valence electrons. The van der Waals surface area contributed by atoms with Crippen LogP contribution in [0.4, 0.5) is 0 Å². The largest absolute Gasteiger partial charge is 0.299 e. The Morgan fingerprint density at radius 2 is 1.03 bits per heavy atom. The van der Waals surface area contributed by atoms with Gasteiger partial charge in [0.2, 0.25) is 0 Å². The molecule has 0 radical (unpaired) electrons. The Morgan fingerprint density at radius 1 is 0.600 bits per heavy atom. The Kier molecular flexibility index (Phi) is 16.3. The van der Waals surface area contributed by atoms with E-state index in [4.69, 9.17) is 0 Å². The number of hydrogen-bond donors (Lipinski definition) is 0. The minimum atomic E-state index is -0.0383. The third-order valence-corrected chi connectivity index (χ3v) is 6.10. The number of hydrogen-bond acceptors (Lipinski definition) is 2. The predicted molar refractivity (Wildman–Crippen MR) is 129 cm³/mol. The SMILES string of the molecule is CCCCCCCCCCCCCCCCCC(=O)CC(=O)c1ccc(CC)cc1. The monoisotopic (exact) mass is 414 g/mol. The zero-order valence-corrected chi connectivity index (χ0v) is 19.9. The molecule has 30 heavy (non-hydrogen) atoms. The van der Waals surface area contributed by atoms with E-state index in [0.29, 0.717) is 12.0 Å². The highest BCUT2D eigenvalue weighted by Crippen LogP contribution is 2.14. The minimum Gasteiger partial charge on any atom is -0.299 e.